The molecule has 12 rings (SSSR count). The maximum Gasteiger partial charge on any atom is 0.407 e. The minimum atomic E-state index is -3.44. The Morgan fingerprint density at radius 2 is 0.648 bits per heavy atom. The van der Waals surface area contributed by atoms with Crippen LogP contribution >= 0.6 is 0 Å². The van der Waals surface area contributed by atoms with Crippen molar-refractivity contribution >= 4 is 141 Å². The number of aryl methyl sites for hydroxylation is 6. The van der Waals surface area contributed by atoms with Crippen molar-refractivity contribution in [2.45, 2.75) is 231 Å². The number of piperidine rings is 3. The maximum atomic E-state index is 13.1. The Labute approximate surface area is 907 Å². The van der Waals surface area contributed by atoms with Crippen LogP contribution in [0.1, 0.15) is 199 Å². The summed E-state index contributed by atoms with van der Waals surface area (Å²) < 4.78 is 113. The third kappa shape index (κ3) is 45.1. The smallest absolute Gasteiger partial charge is 0.407 e. The zero-order valence-electron chi connectivity index (χ0n) is 86.8. The number of hydrogen-bond donors (Lipinski definition) is 4. The molecule has 3 aromatic heterocycles. The standard InChI is InChI=1S/C35H54N4O9.C30H46N4O7.C26H38N2O10S.C10H20N2O2.CH4.K.V/c1-35(2,3)48-33(42)36-27-12-14-38(15-13-27)16-18-45-20-22-47-24-23-46-21-19-44-17-6-8-26-7-5-9-30-32(26)37(4)34(43)39(30)29-11-10-28(40)25-31(29)41;1-32-29-23(4-2-6-27(29)34(30(32)37)26-8-7-25(35)22-28(26)36)5-3-14-38-16-18-40-20-21-41-19-17-39-15-13-33-11-9-24(31)10-12-33;1-27-25-20(5-3-7-23(25)28(26(27)31)22-9-8-21(29)19-24(22)30)6-4-10-34-11-12-35-13-14-36-15-16-37-17-18-38-39(2,32)33;1-10(2,3)14-9(13)12-8-4-6-11-7-5-8;;;/h5,7,9,27,29H,6,8,10-25H2,1-4H3,(H,36,42);2,4,6,24,26H,3,5,7-22,31H2,1H3;3,5,7,22H,4,6,8-19H2,1-2H3;8,11H,4-7H2,1-3H3,(H,12,13);1H4;;. The van der Waals surface area contributed by atoms with Crippen LogP contribution in [0, 0.1) is 0 Å². The van der Waals surface area contributed by atoms with Crippen LogP contribution in [0.15, 0.2) is 69.0 Å². The molecule has 40 nitrogen and oxygen atoms in total. The molecule has 3 aromatic carbocycles. The largest absolute Gasteiger partial charge is 0.444 e. The molecule has 0 bridgehead atoms. The van der Waals surface area contributed by atoms with Gasteiger partial charge in [-0.15, -0.1) is 0 Å². The fourth-order valence-corrected chi connectivity index (χ4v) is 18.2. The number of para-hydroxylation sites is 3. The van der Waals surface area contributed by atoms with Gasteiger partial charge in [0, 0.05) is 174 Å². The van der Waals surface area contributed by atoms with Gasteiger partial charge in [0.05, 0.1) is 222 Å². The Morgan fingerprint density at radius 3 is 0.924 bits per heavy atom. The van der Waals surface area contributed by atoms with Crippen molar-refractivity contribution in [2.24, 2.45) is 26.9 Å². The molecule has 3 saturated heterocycles. The van der Waals surface area contributed by atoms with Crippen LogP contribution in [-0.4, -0.2) is 397 Å². The van der Waals surface area contributed by atoms with Gasteiger partial charge in [-0.1, -0.05) is 43.8 Å². The first-order chi connectivity index (χ1) is 68.1. The molecule has 2 radical (unpaired) electrons. The summed E-state index contributed by atoms with van der Waals surface area (Å²) in [7, 11) is 1.74. The van der Waals surface area contributed by atoms with E-state index in [1.54, 1.807) is 48.5 Å². The number of nitrogens with one attached hydrogen (secondary N) is 3. The predicted molar refractivity (Wildman–Crippen MR) is 546 cm³/mol. The molecule has 2 amide bonds. The van der Waals surface area contributed by atoms with Crippen LogP contribution in [-0.2, 0) is 168 Å². The van der Waals surface area contributed by atoms with Gasteiger partial charge in [-0.3, -0.25) is 60.4 Å². The molecule has 3 aliphatic heterocycles. The van der Waals surface area contributed by atoms with Crippen LogP contribution in [0.4, 0.5) is 9.59 Å². The first-order valence-electron chi connectivity index (χ1n) is 50.5. The number of aromatic nitrogens is 6. The predicted octanol–water partition coefficient (Wildman–Crippen LogP) is 7.51. The molecule has 3 atom stereocenters. The number of amides is 2. The summed E-state index contributed by atoms with van der Waals surface area (Å²) in [6, 6.07) is 16.4. The number of rotatable bonds is 54. The number of alkyl carbamates (subject to hydrolysis) is 2. The minimum absolute atomic E-state index is 0. The maximum absolute atomic E-state index is 13.1. The van der Waals surface area contributed by atoms with E-state index in [1.165, 1.54) is 0 Å². The fraction of sp³-hybridized carbons (Fsp3) is 0.716. The third-order valence-electron chi connectivity index (χ3n) is 25.0. The Bertz CT molecular complexity index is 5240. The SMILES string of the molecule is C.CC(C)(C)OC(=O)NC1CCNCC1.Cn1c(=O)n(C2CCC(=O)CC2=O)c2cccc(CCCOCCOCCOCCOCCN3CCC(N)CC3)c21.Cn1c(=O)n(C2CCC(=O)CC2=O)c2cccc(CCCOCCOCCOCCOCCN3CCC(NC(=O)OC(C)(C)C)CC3)c21.Cn1c(=O)n(C2CCC(=O)CC2=O)c2cccc(CCCOCCOCCOCCOCCOS(C)(=O)=O)c21.[K].[V]. The van der Waals surface area contributed by atoms with E-state index in [0.717, 1.165) is 186 Å². The number of likely N-dealkylation sites (tertiary alicyclic amines) is 2. The van der Waals surface area contributed by atoms with Gasteiger partial charge in [-0.2, -0.15) is 8.42 Å². The summed E-state index contributed by atoms with van der Waals surface area (Å²) in [5.74, 6) is -0.736. The van der Waals surface area contributed by atoms with Gasteiger partial charge < -0.3 is 97.8 Å². The van der Waals surface area contributed by atoms with Crippen molar-refractivity contribution < 1.29 is 136 Å². The number of hydrogen-bond acceptors (Lipinski definition) is 32. The second kappa shape index (κ2) is 67.7. The summed E-state index contributed by atoms with van der Waals surface area (Å²) in [5.41, 5.74) is 12.1. The molecule has 3 unspecified atom stereocenters. The second-order valence-electron chi connectivity index (χ2n) is 38.5. The van der Waals surface area contributed by atoms with E-state index in [2.05, 4.69) is 29.9 Å². The topological polar surface area (TPSA) is 459 Å². The van der Waals surface area contributed by atoms with Crippen molar-refractivity contribution in [1.82, 2.24) is 53.2 Å². The number of ether oxygens (including phenoxy) is 14. The van der Waals surface area contributed by atoms with Crippen molar-refractivity contribution in [3.63, 3.8) is 0 Å². The molecule has 6 fully saturated rings. The van der Waals surface area contributed by atoms with Crippen LogP contribution in [0.2, 0.25) is 0 Å². The van der Waals surface area contributed by atoms with Crippen molar-refractivity contribution in [3.8, 4) is 0 Å². The van der Waals surface area contributed by atoms with Crippen LogP contribution in [0.3, 0.4) is 0 Å². The summed E-state index contributed by atoms with van der Waals surface area (Å²) in [6.07, 6.45) is 12.6. The number of Topliss-reactive ketones (excluding diaryl/α,β-unsaturated/α-hetero) is 6. The molecule has 145 heavy (non-hydrogen) atoms. The summed E-state index contributed by atoms with van der Waals surface area (Å²) in [6.45, 7) is 30.7. The van der Waals surface area contributed by atoms with Gasteiger partial charge in [0.25, 0.3) is 10.1 Å². The number of carbonyl (C=O) groups is 8. The van der Waals surface area contributed by atoms with Crippen LogP contribution in [0.5, 0.6) is 0 Å². The van der Waals surface area contributed by atoms with E-state index in [-0.39, 0.29) is 186 Å². The molecule has 5 N–H and O–H groups in total. The number of carbonyl (C=O) groups excluding carboxylic acids is 8. The molecule has 0 spiro atoms. The summed E-state index contributed by atoms with van der Waals surface area (Å²) in [4.78, 5) is 140. The van der Waals surface area contributed by atoms with E-state index >= 15 is 0 Å². The quantitative estimate of drug-likeness (QED) is 0.0124. The summed E-state index contributed by atoms with van der Waals surface area (Å²) in [5, 5.41) is 9.08. The van der Waals surface area contributed by atoms with Gasteiger partial charge in [-0.05, 0) is 199 Å². The van der Waals surface area contributed by atoms with Gasteiger partial charge in [0.15, 0.2) is 17.3 Å². The molecule has 6 aromatic rings. The molecular formula is C102H162KN12O28SV. The molecular weight excluding hydrogens is 1960 g/mol. The average Bonchev–Trinajstić information content (AvgIpc) is 1.61. The first-order valence-corrected chi connectivity index (χ1v) is 52.3. The van der Waals surface area contributed by atoms with E-state index in [4.69, 9.17) is 72.0 Å². The number of benzene rings is 3. The van der Waals surface area contributed by atoms with Gasteiger partial charge in [0.2, 0.25) is 0 Å². The molecule has 43 heteroatoms. The normalized spacial score (nSPS) is 17.6. The number of ketones is 6. The monoisotopic (exact) mass is 2130 g/mol. The minimum Gasteiger partial charge on any atom is -0.444 e. The fourth-order valence-electron chi connectivity index (χ4n) is 17.9. The van der Waals surface area contributed by atoms with Gasteiger partial charge in [-0.25, -0.2) is 24.0 Å². The summed E-state index contributed by atoms with van der Waals surface area (Å²) >= 11 is 0. The van der Waals surface area contributed by atoms with Crippen molar-refractivity contribution in [1.29, 1.82) is 0 Å². The molecule has 810 valence electrons. The number of imidazole rings is 3. The zero-order chi connectivity index (χ0) is 102. The number of nitrogens with two attached hydrogens (primary N) is 1. The third-order valence-corrected chi connectivity index (χ3v) is 25.6. The average molecular weight is 2130 g/mol. The number of nitrogens with zero attached hydrogens (tertiary/aromatic N) is 8. The van der Waals surface area contributed by atoms with Crippen LogP contribution < -0.4 is 38.8 Å². The Kier molecular flexibility index (Phi) is 59.4. The number of fused-ring (bicyclic) bond motifs is 3. The van der Waals surface area contributed by atoms with E-state index < -0.39 is 39.4 Å². The second-order valence-corrected chi connectivity index (χ2v) is 40.1. The van der Waals surface area contributed by atoms with Crippen LogP contribution in [0.25, 0.3) is 33.1 Å². The molecule has 3 saturated carbocycles. The van der Waals surface area contributed by atoms with E-state index in [0.29, 0.717) is 196 Å². The van der Waals surface area contributed by atoms with Crippen molar-refractivity contribution in [3.05, 3.63) is 103 Å². The zero-order valence-corrected chi connectivity index (χ0v) is 92.1. The molecule has 3 aliphatic carbocycles. The van der Waals surface area contributed by atoms with E-state index in [1.807, 2.05) is 96.1 Å². The van der Waals surface area contributed by atoms with E-state index in [9.17, 15) is 61.2 Å². The molecule has 6 heterocycles. The van der Waals surface area contributed by atoms with Gasteiger partial charge >= 0.3 is 29.3 Å². The Balaban J connectivity index is 0.000000309. The van der Waals surface area contributed by atoms with Gasteiger partial charge in [0.1, 0.15) is 28.6 Å². The Hall–Kier alpha value is -6.48. The molecule has 6 aliphatic rings. The first kappa shape index (κ1) is 127. The Morgan fingerprint density at radius 1 is 0.386 bits per heavy atom. The van der Waals surface area contributed by atoms with Crippen molar-refractivity contribution in [2.75, 3.05) is 224 Å².